The van der Waals surface area contributed by atoms with Crippen molar-refractivity contribution in [3.8, 4) is 11.5 Å². The zero-order valence-electron chi connectivity index (χ0n) is 14.7. The molecule has 0 fully saturated rings. The molecule has 0 spiro atoms. The quantitative estimate of drug-likeness (QED) is 0.677. The molecule has 6 nitrogen and oxygen atoms in total. The van der Waals surface area contributed by atoms with Gasteiger partial charge in [-0.15, -0.1) is 0 Å². The maximum Gasteiger partial charge on any atom is 0.309 e. The third kappa shape index (κ3) is 6.93. The Labute approximate surface area is 155 Å². The second-order valence-corrected chi connectivity index (χ2v) is 5.34. The molecule has 8 heteroatoms. The number of ether oxygens (including phenoxy) is 3. The molecular weight excluding hydrogens is 360 g/mol. The van der Waals surface area contributed by atoms with Crippen molar-refractivity contribution < 1.29 is 32.6 Å². The van der Waals surface area contributed by atoms with Crippen molar-refractivity contribution in [1.82, 2.24) is 0 Å². The Morgan fingerprint density at radius 3 is 2.26 bits per heavy atom. The van der Waals surface area contributed by atoms with E-state index < -0.39 is 30.1 Å². The van der Waals surface area contributed by atoms with Gasteiger partial charge in [0.05, 0.1) is 19.6 Å². The Morgan fingerprint density at radius 2 is 1.63 bits per heavy atom. The van der Waals surface area contributed by atoms with Crippen LogP contribution in [0.4, 0.5) is 14.5 Å². The number of rotatable bonds is 9. The van der Waals surface area contributed by atoms with Crippen LogP contribution in [-0.2, 0) is 14.3 Å². The highest BCUT2D eigenvalue weighted by molar-refractivity contribution is 5.92. The molecule has 0 aliphatic rings. The molecule has 0 heterocycles. The lowest BCUT2D eigenvalue weighted by Crippen LogP contribution is -2.21. The lowest BCUT2D eigenvalue weighted by atomic mass is 10.3. The van der Waals surface area contributed by atoms with Crippen LogP contribution >= 0.6 is 0 Å². The molecule has 0 aliphatic carbocycles. The van der Waals surface area contributed by atoms with E-state index in [9.17, 15) is 18.4 Å². The minimum absolute atomic E-state index is 0.0499. The topological polar surface area (TPSA) is 73.9 Å². The highest BCUT2D eigenvalue weighted by atomic mass is 19.2. The summed E-state index contributed by atoms with van der Waals surface area (Å²) in [5, 5.41) is 2.30. The fourth-order valence-corrected chi connectivity index (χ4v) is 2.04. The first-order valence-electron chi connectivity index (χ1n) is 8.24. The van der Waals surface area contributed by atoms with Crippen molar-refractivity contribution in [2.75, 3.05) is 25.1 Å². The van der Waals surface area contributed by atoms with Gasteiger partial charge in [-0.2, -0.15) is 0 Å². The minimum Gasteiger partial charge on any atom is -0.494 e. The van der Waals surface area contributed by atoms with Crippen molar-refractivity contribution >= 4 is 17.6 Å². The number of carbonyl (C=O) groups excluding carboxylic acids is 2. The van der Waals surface area contributed by atoms with Gasteiger partial charge in [0.15, 0.2) is 18.2 Å². The maximum absolute atomic E-state index is 13.1. The van der Waals surface area contributed by atoms with Crippen molar-refractivity contribution in [1.29, 1.82) is 0 Å². The van der Waals surface area contributed by atoms with Crippen LogP contribution in [0.15, 0.2) is 42.5 Å². The van der Waals surface area contributed by atoms with E-state index >= 15 is 0 Å². The zero-order valence-corrected chi connectivity index (χ0v) is 14.7. The molecule has 2 rings (SSSR count). The van der Waals surface area contributed by atoms with E-state index in [1.807, 2.05) is 6.92 Å². The van der Waals surface area contributed by atoms with E-state index in [2.05, 4.69) is 5.32 Å². The molecule has 0 radical (unpaired) electrons. The molecule has 1 N–H and O–H groups in total. The number of esters is 1. The molecule has 0 bridgehead atoms. The highest BCUT2D eigenvalue weighted by Crippen LogP contribution is 2.17. The van der Waals surface area contributed by atoms with Crippen LogP contribution in [0.2, 0.25) is 0 Å². The molecule has 0 unspecified atom stereocenters. The molecule has 0 aromatic heterocycles. The van der Waals surface area contributed by atoms with Crippen LogP contribution in [0.1, 0.15) is 13.3 Å². The van der Waals surface area contributed by atoms with E-state index in [0.717, 1.165) is 17.9 Å². The summed E-state index contributed by atoms with van der Waals surface area (Å²) in [5.41, 5.74) is 0.0637. The van der Waals surface area contributed by atoms with Crippen LogP contribution in [0, 0.1) is 11.6 Å². The van der Waals surface area contributed by atoms with E-state index in [1.54, 1.807) is 24.3 Å². The monoisotopic (exact) mass is 379 g/mol. The third-order valence-electron chi connectivity index (χ3n) is 3.28. The van der Waals surface area contributed by atoms with Crippen LogP contribution in [0.3, 0.4) is 0 Å². The number of hydrogen-bond donors (Lipinski definition) is 1. The number of anilines is 1. The van der Waals surface area contributed by atoms with E-state index in [4.69, 9.17) is 14.2 Å². The van der Waals surface area contributed by atoms with Gasteiger partial charge in [-0.1, -0.05) is 0 Å². The fourth-order valence-electron chi connectivity index (χ4n) is 2.04. The summed E-state index contributed by atoms with van der Waals surface area (Å²) < 4.78 is 41.4. The first-order chi connectivity index (χ1) is 13.0. The Balaban J connectivity index is 1.66. The lowest BCUT2D eigenvalue weighted by molar-refractivity contribution is -0.147. The second-order valence-electron chi connectivity index (χ2n) is 5.34. The average molecular weight is 379 g/mol. The number of nitrogens with one attached hydrogen (secondary N) is 1. The third-order valence-corrected chi connectivity index (χ3v) is 3.28. The number of hydrogen-bond acceptors (Lipinski definition) is 5. The molecule has 0 saturated heterocycles. The summed E-state index contributed by atoms with van der Waals surface area (Å²) >= 11 is 0. The molecule has 144 valence electrons. The van der Waals surface area contributed by atoms with Crippen LogP contribution < -0.4 is 14.8 Å². The number of amides is 1. The predicted molar refractivity (Wildman–Crippen MR) is 93.7 cm³/mol. The van der Waals surface area contributed by atoms with Crippen LogP contribution in [0.25, 0.3) is 0 Å². The van der Waals surface area contributed by atoms with Gasteiger partial charge in [-0.25, -0.2) is 8.78 Å². The number of carbonyl (C=O) groups is 2. The van der Waals surface area contributed by atoms with Crippen LogP contribution in [-0.4, -0.2) is 31.7 Å². The van der Waals surface area contributed by atoms with Crippen molar-refractivity contribution in [3.63, 3.8) is 0 Å². The molecule has 0 aliphatic heterocycles. The Bertz CT molecular complexity index is 780. The van der Waals surface area contributed by atoms with Gasteiger partial charge < -0.3 is 19.5 Å². The minimum atomic E-state index is -1.09. The standard InChI is InChI=1S/C19H19F2NO5/c1-2-25-14-4-6-15(7-5-14)26-10-9-19(24)27-12-18(23)22-13-3-8-16(20)17(21)11-13/h3-8,11H,2,9-10,12H2,1H3,(H,22,23). The van der Waals surface area contributed by atoms with Gasteiger partial charge in [0, 0.05) is 11.8 Å². The average Bonchev–Trinajstić information content (AvgIpc) is 2.65. The van der Waals surface area contributed by atoms with Gasteiger partial charge in [-0.3, -0.25) is 9.59 Å². The highest BCUT2D eigenvalue weighted by Gasteiger charge is 2.10. The molecule has 0 atom stereocenters. The lowest BCUT2D eigenvalue weighted by Gasteiger charge is -2.09. The predicted octanol–water partition coefficient (Wildman–Crippen LogP) is 3.31. The summed E-state index contributed by atoms with van der Waals surface area (Å²) in [6.45, 7) is 1.99. The number of benzene rings is 2. The molecule has 2 aromatic carbocycles. The molecule has 0 saturated carbocycles. The first kappa shape index (κ1) is 20.2. The molecule has 2 aromatic rings. The second kappa shape index (κ2) is 10.1. The van der Waals surface area contributed by atoms with E-state index in [1.165, 1.54) is 6.07 Å². The van der Waals surface area contributed by atoms with E-state index in [0.29, 0.717) is 12.4 Å². The molecule has 27 heavy (non-hydrogen) atoms. The van der Waals surface area contributed by atoms with Crippen molar-refractivity contribution in [3.05, 3.63) is 54.1 Å². The summed E-state index contributed by atoms with van der Waals surface area (Å²) in [5.74, 6) is -2.11. The summed E-state index contributed by atoms with van der Waals surface area (Å²) in [6, 6.07) is 9.84. The van der Waals surface area contributed by atoms with E-state index in [-0.39, 0.29) is 18.7 Å². The molecule has 1 amide bonds. The fraction of sp³-hybridized carbons (Fsp3) is 0.263. The maximum atomic E-state index is 13.1. The van der Waals surface area contributed by atoms with Gasteiger partial charge in [0.1, 0.15) is 11.5 Å². The SMILES string of the molecule is CCOc1ccc(OCCC(=O)OCC(=O)Nc2ccc(F)c(F)c2)cc1. The summed E-state index contributed by atoms with van der Waals surface area (Å²) in [4.78, 5) is 23.3. The Morgan fingerprint density at radius 1 is 0.963 bits per heavy atom. The number of halogens is 2. The summed E-state index contributed by atoms with van der Waals surface area (Å²) in [6.07, 6.45) is -0.0499. The summed E-state index contributed by atoms with van der Waals surface area (Å²) in [7, 11) is 0. The largest absolute Gasteiger partial charge is 0.494 e. The van der Waals surface area contributed by atoms with Gasteiger partial charge in [0.25, 0.3) is 5.91 Å². The first-order valence-corrected chi connectivity index (χ1v) is 8.24. The normalized spacial score (nSPS) is 10.2. The van der Waals surface area contributed by atoms with Crippen molar-refractivity contribution in [2.24, 2.45) is 0 Å². The Hall–Kier alpha value is -3.16. The molecular formula is C19H19F2NO5. The van der Waals surface area contributed by atoms with Gasteiger partial charge >= 0.3 is 5.97 Å². The van der Waals surface area contributed by atoms with Gasteiger partial charge in [0.2, 0.25) is 0 Å². The smallest absolute Gasteiger partial charge is 0.309 e. The zero-order chi connectivity index (χ0) is 19.6. The Kier molecular flexibility index (Phi) is 7.54. The van der Waals surface area contributed by atoms with Gasteiger partial charge in [-0.05, 0) is 43.3 Å². The van der Waals surface area contributed by atoms with Crippen LogP contribution in [0.5, 0.6) is 11.5 Å². The van der Waals surface area contributed by atoms with Crippen molar-refractivity contribution in [2.45, 2.75) is 13.3 Å².